The highest BCUT2D eigenvalue weighted by Crippen LogP contribution is 2.22. The van der Waals surface area contributed by atoms with E-state index in [2.05, 4.69) is 0 Å². The third-order valence-corrected chi connectivity index (χ3v) is 3.61. The Morgan fingerprint density at radius 1 is 1.17 bits per heavy atom. The van der Waals surface area contributed by atoms with E-state index in [0.717, 1.165) is 11.3 Å². The van der Waals surface area contributed by atoms with E-state index >= 15 is 0 Å². The predicted octanol–water partition coefficient (Wildman–Crippen LogP) is 2.69. The molecule has 0 saturated carbocycles. The molecule has 0 spiro atoms. The van der Waals surface area contributed by atoms with Crippen LogP contribution in [0.25, 0.3) is 0 Å². The van der Waals surface area contributed by atoms with E-state index in [1.807, 2.05) is 24.3 Å². The van der Waals surface area contributed by atoms with Crippen molar-refractivity contribution in [2.24, 2.45) is 5.73 Å². The quantitative estimate of drug-likeness (QED) is 0.921. The average Bonchev–Trinajstić information content (AvgIpc) is 2.95. The van der Waals surface area contributed by atoms with E-state index in [0.29, 0.717) is 18.8 Å². The SMILES string of the molecule is NCc1ccc(N2CC(COc3ccc(F)cc3)OC2=O)cc1. The molecule has 1 amide bonds. The second kappa shape index (κ2) is 6.66. The summed E-state index contributed by atoms with van der Waals surface area (Å²) in [5.74, 6) is 0.213. The third kappa shape index (κ3) is 3.60. The van der Waals surface area contributed by atoms with Crippen LogP contribution in [0.1, 0.15) is 5.56 Å². The molecule has 120 valence electrons. The van der Waals surface area contributed by atoms with Crippen molar-refractivity contribution in [1.82, 2.24) is 0 Å². The van der Waals surface area contributed by atoms with E-state index in [9.17, 15) is 9.18 Å². The summed E-state index contributed by atoms with van der Waals surface area (Å²) in [5, 5.41) is 0. The number of ether oxygens (including phenoxy) is 2. The molecule has 6 heteroatoms. The van der Waals surface area contributed by atoms with Crippen LogP contribution in [0.5, 0.6) is 5.75 Å². The lowest BCUT2D eigenvalue weighted by Crippen LogP contribution is -2.26. The number of rotatable bonds is 5. The molecule has 2 aromatic rings. The highest BCUT2D eigenvalue weighted by Gasteiger charge is 2.32. The zero-order valence-corrected chi connectivity index (χ0v) is 12.4. The lowest BCUT2D eigenvalue weighted by atomic mass is 10.2. The lowest BCUT2D eigenvalue weighted by Gasteiger charge is -2.13. The van der Waals surface area contributed by atoms with Gasteiger partial charge in [-0.25, -0.2) is 9.18 Å². The third-order valence-electron chi connectivity index (χ3n) is 3.61. The van der Waals surface area contributed by atoms with Gasteiger partial charge in [-0.1, -0.05) is 12.1 Å². The van der Waals surface area contributed by atoms with Gasteiger partial charge in [-0.05, 0) is 42.0 Å². The molecule has 2 aromatic carbocycles. The summed E-state index contributed by atoms with van der Waals surface area (Å²) in [5.41, 5.74) is 7.32. The van der Waals surface area contributed by atoms with Crippen LogP contribution >= 0.6 is 0 Å². The summed E-state index contributed by atoms with van der Waals surface area (Å²) in [6.07, 6.45) is -0.778. The Morgan fingerprint density at radius 2 is 1.87 bits per heavy atom. The first kappa shape index (κ1) is 15.3. The zero-order valence-electron chi connectivity index (χ0n) is 12.4. The van der Waals surface area contributed by atoms with Gasteiger partial charge in [0.05, 0.1) is 6.54 Å². The number of hydrogen-bond acceptors (Lipinski definition) is 4. The van der Waals surface area contributed by atoms with Crippen LogP contribution in [-0.2, 0) is 11.3 Å². The van der Waals surface area contributed by atoms with Gasteiger partial charge in [-0.15, -0.1) is 0 Å². The van der Waals surface area contributed by atoms with Crippen LogP contribution in [-0.4, -0.2) is 25.3 Å². The van der Waals surface area contributed by atoms with Gasteiger partial charge in [0, 0.05) is 12.2 Å². The Bertz CT molecular complexity index is 673. The van der Waals surface area contributed by atoms with Crippen LogP contribution in [0, 0.1) is 5.82 Å². The van der Waals surface area contributed by atoms with Crippen molar-refractivity contribution >= 4 is 11.8 Å². The van der Waals surface area contributed by atoms with E-state index in [-0.39, 0.29) is 18.5 Å². The molecule has 0 bridgehead atoms. The maximum Gasteiger partial charge on any atom is 0.414 e. The van der Waals surface area contributed by atoms with Crippen molar-refractivity contribution in [3.8, 4) is 5.75 Å². The first-order valence-electron chi connectivity index (χ1n) is 7.31. The largest absolute Gasteiger partial charge is 0.490 e. The van der Waals surface area contributed by atoms with E-state index in [1.165, 1.54) is 24.3 Å². The number of amides is 1. The van der Waals surface area contributed by atoms with Gasteiger partial charge in [-0.2, -0.15) is 0 Å². The number of nitrogens with zero attached hydrogens (tertiary/aromatic N) is 1. The van der Waals surface area contributed by atoms with E-state index in [4.69, 9.17) is 15.2 Å². The van der Waals surface area contributed by atoms with Crippen molar-refractivity contribution in [2.75, 3.05) is 18.1 Å². The van der Waals surface area contributed by atoms with Crippen molar-refractivity contribution in [1.29, 1.82) is 0 Å². The number of benzene rings is 2. The van der Waals surface area contributed by atoms with Crippen LogP contribution in [0.3, 0.4) is 0 Å². The second-order valence-electron chi connectivity index (χ2n) is 5.25. The minimum Gasteiger partial charge on any atom is -0.490 e. The van der Waals surface area contributed by atoms with Gasteiger partial charge >= 0.3 is 6.09 Å². The standard InChI is InChI=1S/C17H17FN2O3/c18-13-3-7-15(8-4-13)22-11-16-10-20(17(21)23-16)14-5-1-12(9-19)2-6-14/h1-8,16H,9-11,19H2. The van der Waals surface area contributed by atoms with Crippen molar-refractivity contribution in [3.63, 3.8) is 0 Å². The Labute approximate surface area is 133 Å². The van der Waals surface area contributed by atoms with Crippen LogP contribution in [0.2, 0.25) is 0 Å². The molecule has 5 nitrogen and oxygen atoms in total. The van der Waals surface area contributed by atoms with Gasteiger partial charge in [-0.3, -0.25) is 4.90 Å². The summed E-state index contributed by atoms with van der Waals surface area (Å²) in [6, 6.07) is 13.2. The number of nitrogens with two attached hydrogens (primary N) is 1. The Balaban J connectivity index is 1.59. The smallest absolute Gasteiger partial charge is 0.414 e. The molecule has 1 saturated heterocycles. The topological polar surface area (TPSA) is 64.8 Å². The van der Waals surface area contributed by atoms with Gasteiger partial charge < -0.3 is 15.2 Å². The first-order chi connectivity index (χ1) is 11.2. The van der Waals surface area contributed by atoms with Crippen molar-refractivity contribution in [3.05, 3.63) is 59.9 Å². The fraction of sp³-hybridized carbons (Fsp3) is 0.235. The van der Waals surface area contributed by atoms with E-state index in [1.54, 1.807) is 4.90 Å². The molecule has 1 unspecified atom stereocenters. The highest BCUT2D eigenvalue weighted by molar-refractivity contribution is 5.89. The summed E-state index contributed by atoms with van der Waals surface area (Å²) in [7, 11) is 0. The minimum atomic E-state index is -0.404. The first-order valence-corrected chi connectivity index (χ1v) is 7.31. The van der Waals surface area contributed by atoms with Gasteiger partial charge in [0.15, 0.2) is 6.10 Å². The molecule has 23 heavy (non-hydrogen) atoms. The molecular weight excluding hydrogens is 299 g/mol. The van der Waals surface area contributed by atoms with Crippen molar-refractivity contribution in [2.45, 2.75) is 12.6 Å². The predicted molar refractivity (Wildman–Crippen MR) is 83.8 cm³/mol. The summed E-state index contributed by atoms with van der Waals surface area (Å²) in [4.78, 5) is 13.5. The van der Waals surface area contributed by atoms with Gasteiger partial charge in [0.2, 0.25) is 0 Å². The molecule has 0 aromatic heterocycles. The van der Waals surface area contributed by atoms with Crippen LogP contribution in [0.15, 0.2) is 48.5 Å². The fourth-order valence-corrected chi connectivity index (χ4v) is 2.35. The molecule has 1 heterocycles. The summed E-state index contributed by atoms with van der Waals surface area (Å²) < 4.78 is 23.7. The maximum absolute atomic E-state index is 12.8. The highest BCUT2D eigenvalue weighted by atomic mass is 19.1. The Morgan fingerprint density at radius 3 is 2.52 bits per heavy atom. The number of cyclic esters (lactones) is 1. The summed E-state index contributed by atoms with van der Waals surface area (Å²) >= 11 is 0. The number of carbonyl (C=O) groups excluding carboxylic acids is 1. The molecule has 0 radical (unpaired) electrons. The fourth-order valence-electron chi connectivity index (χ4n) is 2.35. The molecule has 1 aliphatic heterocycles. The molecule has 1 atom stereocenters. The number of anilines is 1. The minimum absolute atomic E-state index is 0.217. The van der Waals surface area contributed by atoms with Crippen LogP contribution in [0.4, 0.5) is 14.9 Å². The number of halogens is 1. The monoisotopic (exact) mass is 316 g/mol. The number of carbonyl (C=O) groups is 1. The number of hydrogen-bond donors (Lipinski definition) is 1. The lowest BCUT2D eigenvalue weighted by molar-refractivity contribution is 0.105. The average molecular weight is 316 g/mol. The van der Waals surface area contributed by atoms with Crippen molar-refractivity contribution < 1.29 is 18.7 Å². The second-order valence-corrected chi connectivity index (χ2v) is 5.25. The van der Waals surface area contributed by atoms with Gasteiger partial charge in [0.1, 0.15) is 18.2 Å². The van der Waals surface area contributed by atoms with E-state index < -0.39 is 6.09 Å². The summed E-state index contributed by atoms with van der Waals surface area (Å²) in [6.45, 7) is 1.08. The molecule has 2 N–H and O–H groups in total. The maximum atomic E-state index is 12.8. The molecule has 3 rings (SSSR count). The molecular formula is C17H17FN2O3. The zero-order chi connectivity index (χ0) is 16.2. The Kier molecular flexibility index (Phi) is 4.43. The van der Waals surface area contributed by atoms with Crippen LogP contribution < -0.4 is 15.4 Å². The molecule has 1 aliphatic rings. The normalized spacial score (nSPS) is 17.2. The molecule has 0 aliphatic carbocycles. The Hall–Kier alpha value is -2.60. The molecule has 1 fully saturated rings. The van der Waals surface area contributed by atoms with Gasteiger partial charge in [0.25, 0.3) is 0 Å².